The topological polar surface area (TPSA) is 74.2 Å². The highest BCUT2D eigenvalue weighted by Gasteiger charge is 2.30. The summed E-state index contributed by atoms with van der Waals surface area (Å²) in [6, 6.07) is 13.3. The summed E-state index contributed by atoms with van der Waals surface area (Å²) in [4.78, 5) is 17.0. The largest absolute Gasteiger partial charge is 0.416 e. The average Bonchev–Trinajstić information content (AvgIpc) is 3.14. The Morgan fingerprint density at radius 1 is 1.14 bits per heavy atom. The van der Waals surface area contributed by atoms with Gasteiger partial charge in [0.1, 0.15) is 0 Å². The number of anilines is 1. The molecule has 2 aromatic carbocycles. The lowest BCUT2D eigenvalue weighted by Crippen LogP contribution is -2.32. The maximum Gasteiger partial charge on any atom is 0.416 e. The van der Waals surface area contributed by atoms with E-state index in [1.807, 2.05) is 30.3 Å². The summed E-state index contributed by atoms with van der Waals surface area (Å²) in [5.41, 5.74) is 0.175. The van der Waals surface area contributed by atoms with Gasteiger partial charge < -0.3 is 10.4 Å². The van der Waals surface area contributed by atoms with Crippen molar-refractivity contribution >= 4 is 22.5 Å². The van der Waals surface area contributed by atoms with E-state index in [4.69, 9.17) is 0 Å². The van der Waals surface area contributed by atoms with Gasteiger partial charge in [-0.1, -0.05) is 53.8 Å². The molecule has 1 aromatic heterocycles. The Balaban J connectivity index is 1.55. The molecule has 28 heavy (non-hydrogen) atoms. The summed E-state index contributed by atoms with van der Waals surface area (Å²) in [5, 5.41) is 15.4. The number of thiazole rings is 1. The minimum absolute atomic E-state index is 0.0655. The lowest BCUT2D eigenvalue weighted by atomic mass is 10.1. The third-order valence-electron chi connectivity index (χ3n) is 3.84. The van der Waals surface area contributed by atoms with Crippen LogP contribution in [0, 0.1) is 0 Å². The van der Waals surface area contributed by atoms with Crippen LogP contribution in [0.2, 0.25) is 0 Å². The van der Waals surface area contributed by atoms with E-state index in [0.29, 0.717) is 5.13 Å². The van der Waals surface area contributed by atoms with Crippen molar-refractivity contribution in [3.63, 3.8) is 0 Å². The number of hydrogen-bond acceptors (Lipinski definition) is 4. The normalized spacial score (nSPS) is 12.4. The fourth-order valence-electron chi connectivity index (χ4n) is 2.44. The quantitative estimate of drug-likeness (QED) is 0.575. The summed E-state index contributed by atoms with van der Waals surface area (Å²) in [6.07, 6.45) is -4.14. The second-order valence-electron chi connectivity index (χ2n) is 5.87. The Morgan fingerprint density at radius 2 is 1.89 bits per heavy atom. The van der Waals surface area contributed by atoms with Crippen LogP contribution in [0.3, 0.4) is 0 Å². The SMILES string of the molecule is O=C(NCC(O)c1cccc(C(F)(F)F)c1)Nc1ncc(-c2ccccc2)s1. The first-order chi connectivity index (χ1) is 13.3. The van der Waals surface area contributed by atoms with Crippen molar-refractivity contribution in [2.75, 3.05) is 11.9 Å². The van der Waals surface area contributed by atoms with Gasteiger partial charge in [-0.2, -0.15) is 13.2 Å². The van der Waals surface area contributed by atoms with E-state index in [2.05, 4.69) is 15.6 Å². The van der Waals surface area contributed by atoms with Crippen LogP contribution in [0.4, 0.5) is 23.1 Å². The number of aliphatic hydroxyl groups excluding tert-OH is 1. The number of aromatic nitrogens is 1. The van der Waals surface area contributed by atoms with Crippen LogP contribution in [0.15, 0.2) is 60.8 Å². The predicted molar refractivity (Wildman–Crippen MR) is 101 cm³/mol. The molecule has 3 N–H and O–H groups in total. The minimum atomic E-state index is -4.50. The molecule has 0 saturated heterocycles. The van der Waals surface area contributed by atoms with Gasteiger partial charge in [0.15, 0.2) is 5.13 Å². The van der Waals surface area contributed by atoms with Gasteiger partial charge in [0.05, 0.1) is 16.5 Å². The highest BCUT2D eigenvalue weighted by molar-refractivity contribution is 7.19. The Kier molecular flexibility index (Phi) is 5.96. The van der Waals surface area contributed by atoms with E-state index in [-0.39, 0.29) is 12.1 Å². The average molecular weight is 407 g/mol. The first-order valence-corrected chi connectivity index (χ1v) is 9.06. The molecule has 0 spiro atoms. The number of carbonyl (C=O) groups is 1. The van der Waals surface area contributed by atoms with E-state index in [0.717, 1.165) is 22.6 Å². The molecule has 0 aliphatic heterocycles. The molecule has 1 unspecified atom stereocenters. The van der Waals surface area contributed by atoms with Gasteiger partial charge in [-0.25, -0.2) is 9.78 Å². The van der Waals surface area contributed by atoms with Crippen molar-refractivity contribution in [1.82, 2.24) is 10.3 Å². The molecule has 1 heterocycles. The summed E-state index contributed by atoms with van der Waals surface area (Å²) < 4.78 is 38.2. The Morgan fingerprint density at radius 3 is 2.61 bits per heavy atom. The third kappa shape index (κ3) is 5.08. The maximum absolute atomic E-state index is 12.7. The molecule has 9 heteroatoms. The van der Waals surface area contributed by atoms with Crippen LogP contribution < -0.4 is 10.6 Å². The van der Waals surface area contributed by atoms with Gasteiger partial charge in [-0.05, 0) is 23.3 Å². The van der Waals surface area contributed by atoms with E-state index in [9.17, 15) is 23.1 Å². The molecule has 0 bridgehead atoms. The van der Waals surface area contributed by atoms with Gasteiger partial charge >= 0.3 is 12.2 Å². The van der Waals surface area contributed by atoms with Gasteiger partial charge in [-0.15, -0.1) is 0 Å². The maximum atomic E-state index is 12.7. The summed E-state index contributed by atoms with van der Waals surface area (Å²) in [7, 11) is 0. The smallest absolute Gasteiger partial charge is 0.387 e. The zero-order chi connectivity index (χ0) is 20.1. The molecule has 0 aliphatic rings. The summed E-state index contributed by atoms with van der Waals surface area (Å²) in [6.45, 7) is -0.246. The Labute approximate surface area is 162 Å². The first-order valence-electron chi connectivity index (χ1n) is 8.24. The molecule has 0 saturated carbocycles. The lowest BCUT2D eigenvalue weighted by Gasteiger charge is -2.14. The van der Waals surface area contributed by atoms with Gasteiger partial charge in [-0.3, -0.25) is 5.32 Å². The van der Waals surface area contributed by atoms with Crippen LogP contribution in [0.5, 0.6) is 0 Å². The van der Waals surface area contributed by atoms with Crippen molar-refractivity contribution in [3.05, 3.63) is 71.9 Å². The van der Waals surface area contributed by atoms with Crippen molar-refractivity contribution in [2.24, 2.45) is 0 Å². The molecule has 3 rings (SSSR count). The number of nitrogens with one attached hydrogen (secondary N) is 2. The number of carbonyl (C=O) groups excluding carboxylic acids is 1. The molecule has 0 aliphatic carbocycles. The first kappa shape index (κ1) is 19.8. The molecule has 0 fully saturated rings. The summed E-state index contributed by atoms with van der Waals surface area (Å²) in [5.74, 6) is 0. The van der Waals surface area contributed by atoms with Crippen LogP contribution >= 0.6 is 11.3 Å². The van der Waals surface area contributed by atoms with Crippen molar-refractivity contribution in [3.8, 4) is 10.4 Å². The number of aliphatic hydroxyl groups is 1. The van der Waals surface area contributed by atoms with Gasteiger partial charge in [0.25, 0.3) is 0 Å². The lowest BCUT2D eigenvalue weighted by molar-refractivity contribution is -0.137. The van der Waals surface area contributed by atoms with Gasteiger partial charge in [0.2, 0.25) is 0 Å². The van der Waals surface area contributed by atoms with Crippen LogP contribution in [-0.2, 0) is 6.18 Å². The zero-order valence-corrected chi connectivity index (χ0v) is 15.2. The number of amides is 2. The van der Waals surface area contributed by atoms with Crippen LogP contribution in [0.1, 0.15) is 17.2 Å². The number of urea groups is 1. The number of rotatable bonds is 5. The number of benzene rings is 2. The predicted octanol–water partition coefficient (Wildman–Crippen LogP) is 4.68. The minimum Gasteiger partial charge on any atom is -0.387 e. The molecule has 0 radical (unpaired) electrons. The number of alkyl halides is 3. The Hall–Kier alpha value is -2.91. The Bertz CT molecular complexity index is 945. The van der Waals surface area contributed by atoms with E-state index >= 15 is 0 Å². The number of nitrogens with zero attached hydrogens (tertiary/aromatic N) is 1. The van der Waals surface area contributed by atoms with E-state index < -0.39 is 23.9 Å². The van der Waals surface area contributed by atoms with Crippen molar-refractivity contribution in [2.45, 2.75) is 12.3 Å². The highest BCUT2D eigenvalue weighted by Crippen LogP contribution is 2.31. The molecule has 3 aromatic rings. The molecular weight excluding hydrogens is 391 g/mol. The second kappa shape index (κ2) is 8.41. The third-order valence-corrected chi connectivity index (χ3v) is 4.80. The van der Waals surface area contributed by atoms with Gasteiger partial charge in [0, 0.05) is 12.7 Å². The van der Waals surface area contributed by atoms with Crippen molar-refractivity contribution < 1.29 is 23.1 Å². The molecular formula is C19H16F3N3O2S. The standard InChI is InChI=1S/C19H16F3N3O2S/c20-19(21,22)14-8-4-7-13(9-14)15(26)10-23-17(27)25-18-24-11-16(28-18)12-5-2-1-3-6-12/h1-9,11,15,26H,10H2,(H2,23,24,25,27). The molecule has 146 valence electrons. The van der Waals surface area contributed by atoms with Crippen LogP contribution in [-0.4, -0.2) is 22.7 Å². The monoisotopic (exact) mass is 407 g/mol. The van der Waals surface area contributed by atoms with E-state index in [1.165, 1.54) is 23.5 Å². The van der Waals surface area contributed by atoms with Crippen LogP contribution in [0.25, 0.3) is 10.4 Å². The fourth-order valence-corrected chi connectivity index (χ4v) is 3.26. The second-order valence-corrected chi connectivity index (χ2v) is 6.90. The van der Waals surface area contributed by atoms with Crippen molar-refractivity contribution in [1.29, 1.82) is 0 Å². The molecule has 2 amide bonds. The molecule has 5 nitrogen and oxygen atoms in total. The fraction of sp³-hybridized carbons (Fsp3) is 0.158. The zero-order valence-electron chi connectivity index (χ0n) is 14.4. The molecule has 1 atom stereocenters. The highest BCUT2D eigenvalue weighted by atomic mass is 32.1. The number of halogens is 3. The number of hydrogen-bond donors (Lipinski definition) is 3. The van der Waals surface area contributed by atoms with E-state index in [1.54, 1.807) is 6.20 Å². The summed E-state index contributed by atoms with van der Waals surface area (Å²) >= 11 is 1.28.